The highest BCUT2D eigenvalue weighted by Crippen LogP contribution is 2.38. The molecule has 0 aliphatic heterocycles. The Labute approximate surface area is 171 Å². The Morgan fingerprint density at radius 3 is 1.40 bits per heavy atom. The summed E-state index contributed by atoms with van der Waals surface area (Å²) in [5.41, 5.74) is 0.885. The van der Waals surface area contributed by atoms with E-state index in [-0.39, 0.29) is 17.0 Å². The molecule has 0 saturated heterocycles. The van der Waals surface area contributed by atoms with Crippen molar-refractivity contribution in [2.75, 3.05) is 0 Å². The summed E-state index contributed by atoms with van der Waals surface area (Å²) in [7, 11) is 0. The number of rotatable bonds is 3. The maximum Gasteiger partial charge on any atom is 0.416 e. The average Bonchev–Trinajstić information content (AvgIpc) is 2.66. The highest BCUT2D eigenvalue weighted by Gasteiger charge is 2.34. The molecule has 0 bridgehead atoms. The second-order valence-corrected chi connectivity index (χ2v) is 7.56. The molecular weight excluding hydrogens is 402 g/mol. The van der Waals surface area contributed by atoms with Gasteiger partial charge in [0.05, 0.1) is 11.1 Å². The van der Waals surface area contributed by atoms with E-state index in [1.165, 1.54) is 19.1 Å². The number of hydrogen-bond acceptors (Lipinski definition) is 0. The molecular formula is C24H20F6. The van der Waals surface area contributed by atoms with Gasteiger partial charge in [-0.05, 0) is 58.4 Å². The predicted octanol–water partition coefficient (Wildman–Crippen LogP) is 8.49. The zero-order chi connectivity index (χ0) is 22.3. The Balaban J connectivity index is 1.99. The Morgan fingerprint density at radius 1 is 0.567 bits per heavy atom. The first-order chi connectivity index (χ1) is 13.9. The van der Waals surface area contributed by atoms with Crippen molar-refractivity contribution in [3.8, 4) is 22.3 Å². The SMILES string of the molecule is Cc1ccc(-c2ccc(-c3ccc(C(C)C)c(C(F)(F)F)c3)cc2)cc1C(F)(F)F. The molecule has 0 fully saturated rings. The first kappa shape index (κ1) is 21.9. The third-order valence-electron chi connectivity index (χ3n) is 5.08. The van der Waals surface area contributed by atoms with Gasteiger partial charge in [-0.1, -0.05) is 62.4 Å². The summed E-state index contributed by atoms with van der Waals surface area (Å²) in [6.07, 6.45) is -8.92. The average molecular weight is 422 g/mol. The van der Waals surface area contributed by atoms with Crippen LogP contribution in [0.25, 0.3) is 22.3 Å². The van der Waals surface area contributed by atoms with Crippen LogP contribution in [-0.2, 0) is 12.4 Å². The lowest BCUT2D eigenvalue weighted by Gasteiger charge is -2.17. The molecule has 0 unspecified atom stereocenters. The topological polar surface area (TPSA) is 0 Å². The van der Waals surface area contributed by atoms with E-state index in [9.17, 15) is 26.3 Å². The van der Waals surface area contributed by atoms with Crippen LogP contribution in [0.5, 0.6) is 0 Å². The van der Waals surface area contributed by atoms with Gasteiger partial charge in [0.1, 0.15) is 0 Å². The summed E-state index contributed by atoms with van der Waals surface area (Å²) in [4.78, 5) is 0. The summed E-state index contributed by atoms with van der Waals surface area (Å²) in [6, 6.07) is 14.8. The third-order valence-corrected chi connectivity index (χ3v) is 5.08. The molecule has 6 heteroatoms. The van der Waals surface area contributed by atoms with Crippen LogP contribution >= 0.6 is 0 Å². The zero-order valence-corrected chi connectivity index (χ0v) is 16.6. The number of aryl methyl sites for hydroxylation is 1. The van der Waals surface area contributed by atoms with E-state index >= 15 is 0 Å². The molecule has 0 radical (unpaired) electrons. The Hall–Kier alpha value is -2.76. The van der Waals surface area contributed by atoms with Gasteiger partial charge in [0.25, 0.3) is 0 Å². The minimum absolute atomic E-state index is 0.132. The van der Waals surface area contributed by atoms with Crippen LogP contribution in [0.2, 0.25) is 0 Å². The molecule has 0 aromatic heterocycles. The number of alkyl halides is 6. The molecule has 0 N–H and O–H groups in total. The maximum absolute atomic E-state index is 13.5. The molecule has 158 valence electrons. The fourth-order valence-electron chi connectivity index (χ4n) is 3.45. The van der Waals surface area contributed by atoms with Crippen molar-refractivity contribution in [2.24, 2.45) is 0 Å². The van der Waals surface area contributed by atoms with Crippen molar-refractivity contribution in [1.29, 1.82) is 0 Å². The van der Waals surface area contributed by atoms with Gasteiger partial charge in [-0.2, -0.15) is 26.3 Å². The molecule has 0 amide bonds. The summed E-state index contributed by atoms with van der Waals surface area (Å²) in [5, 5.41) is 0. The Kier molecular flexibility index (Phi) is 5.72. The van der Waals surface area contributed by atoms with Crippen molar-refractivity contribution in [2.45, 2.75) is 39.0 Å². The van der Waals surface area contributed by atoms with E-state index in [2.05, 4.69) is 0 Å². The molecule has 3 aromatic carbocycles. The normalized spacial score (nSPS) is 12.5. The lowest BCUT2D eigenvalue weighted by molar-refractivity contribution is -0.139. The molecule has 0 aliphatic carbocycles. The van der Waals surface area contributed by atoms with E-state index in [0.29, 0.717) is 22.3 Å². The van der Waals surface area contributed by atoms with Gasteiger partial charge < -0.3 is 0 Å². The van der Waals surface area contributed by atoms with Crippen LogP contribution in [0, 0.1) is 6.92 Å². The van der Waals surface area contributed by atoms with Crippen LogP contribution < -0.4 is 0 Å². The standard InChI is InChI=1S/C24H20F6/c1-14(2)20-11-10-19(13-22(20)24(28,29)30)17-8-6-16(7-9-17)18-5-4-15(3)21(12-18)23(25,26)27/h4-14H,1-3H3. The summed E-state index contributed by atoms with van der Waals surface area (Å²) >= 11 is 0. The summed E-state index contributed by atoms with van der Waals surface area (Å²) in [6.45, 7) is 4.81. The van der Waals surface area contributed by atoms with Crippen LogP contribution in [0.4, 0.5) is 26.3 Å². The second kappa shape index (κ2) is 7.82. The molecule has 0 heterocycles. The van der Waals surface area contributed by atoms with Crippen molar-refractivity contribution in [3.63, 3.8) is 0 Å². The van der Waals surface area contributed by atoms with E-state index in [4.69, 9.17) is 0 Å². The van der Waals surface area contributed by atoms with Crippen molar-refractivity contribution in [3.05, 3.63) is 82.9 Å². The summed E-state index contributed by atoms with van der Waals surface area (Å²) in [5.74, 6) is -0.276. The molecule has 3 aromatic rings. The van der Waals surface area contributed by atoms with Gasteiger partial charge >= 0.3 is 12.4 Å². The molecule has 0 atom stereocenters. The molecule has 0 spiro atoms. The molecule has 0 nitrogen and oxygen atoms in total. The predicted molar refractivity (Wildman–Crippen MR) is 106 cm³/mol. The largest absolute Gasteiger partial charge is 0.416 e. The van der Waals surface area contributed by atoms with Gasteiger partial charge in [0.15, 0.2) is 0 Å². The number of hydrogen-bond donors (Lipinski definition) is 0. The van der Waals surface area contributed by atoms with Crippen LogP contribution in [0.15, 0.2) is 60.7 Å². The highest BCUT2D eigenvalue weighted by molar-refractivity contribution is 5.72. The fourth-order valence-corrected chi connectivity index (χ4v) is 3.45. The smallest absolute Gasteiger partial charge is 0.166 e. The molecule has 0 aliphatic rings. The van der Waals surface area contributed by atoms with E-state index in [0.717, 1.165) is 12.1 Å². The fraction of sp³-hybridized carbons (Fsp3) is 0.250. The lowest BCUT2D eigenvalue weighted by atomic mass is 9.92. The van der Waals surface area contributed by atoms with Gasteiger partial charge in [0.2, 0.25) is 0 Å². The van der Waals surface area contributed by atoms with E-state index in [1.807, 2.05) is 0 Å². The van der Waals surface area contributed by atoms with Crippen molar-refractivity contribution < 1.29 is 26.3 Å². The third kappa shape index (κ3) is 4.53. The van der Waals surface area contributed by atoms with Gasteiger partial charge in [-0.3, -0.25) is 0 Å². The van der Waals surface area contributed by atoms with Gasteiger partial charge in [0, 0.05) is 0 Å². The Bertz CT molecular complexity index is 1040. The minimum atomic E-state index is -4.47. The van der Waals surface area contributed by atoms with Crippen LogP contribution in [-0.4, -0.2) is 0 Å². The lowest BCUT2D eigenvalue weighted by Crippen LogP contribution is -2.10. The number of benzene rings is 3. The molecule has 30 heavy (non-hydrogen) atoms. The molecule has 0 saturated carbocycles. The second-order valence-electron chi connectivity index (χ2n) is 7.56. The summed E-state index contributed by atoms with van der Waals surface area (Å²) < 4.78 is 79.9. The highest BCUT2D eigenvalue weighted by atomic mass is 19.4. The van der Waals surface area contributed by atoms with Crippen LogP contribution in [0.1, 0.15) is 42.0 Å². The van der Waals surface area contributed by atoms with Crippen LogP contribution in [0.3, 0.4) is 0 Å². The van der Waals surface area contributed by atoms with Gasteiger partial charge in [-0.25, -0.2) is 0 Å². The maximum atomic E-state index is 13.5. The first-order valence-corrected chi connectivity index (χ1v) is 9.37. The minimum Gasteiger partial charge on any atom is -0.166 e. The monoisotopic (exact) mass is 422 g/mol. The zero-order valence-electron chi connectivity index (χ0n) is 16.6. The van der Waals surface area contributed by atoms with Gasteiger partial charge in [-0.15, -0.1) is 0 Å². The van der Waals surface area contributed by atoms with E-state index < -0.39 is 23.5 Å². The van der Waals surface area contributed by atoms with Crippen molar-refractivity contribution in [1.82, 2.24) is 0 Å². The van der Waals surface area contributed by atoms with E-state index in [1.54, 1.807) is 50.2 Å². The quantitative estimate of drug-likeness (QED) is 0.371. The van der Waals surface area contributed by atoms with Crippen molar-refractivity contribution >= 4 is 0 Å². The first-order valence-electron chi connectivity index (χ1n) is 9.37. The Morgan fingerprint density at radius 2 is 0.967 bits per heavy atom. The number of halogens is 6. The molecule has 3 rings (SSSR count).